The van der Waals surface area contributed by atoms with Crippen molar-refractivity contribution in [3.8, 4) is 0 Å². The first-order valence-electron chi connectivity index (χ1n) is 6.39. The molecule has 0 saturated carbocycles. The molecule has 0 radical (unpaired) electrons. The van der Waals surface area contributed by atoms with Crippen molar-refractivity contribution in [2.75, 3.05) is 26.4 Å². The predicted octanol–water partition coefficient (Wildman–Crippen LogP) is 2.50. The zero-order valence-corrected chi connectivity index (χ0v) is 12.5. The van der Waals surface area contributed by atoms with Gasteiger partial charge in [0.15, 0.2) is 13.2 Å². The number of carbonyl (C=O) groups is 2. The molecule has 0 aromatic carbocycles. The summed E-state index contributed by atoms with van der Waals surface area (Å²) >= 11 is 0. The van der Waals surface area contributed by atoms with E-state index in [2.05, 4.69) is 16.1 Å². The molecule has 0 saturated heterocycles. The Morgan fingerprint density at radius 2 is 1.61 bits per heavy atom. The van der Waals surface area contributed by atoms with Crippen LogP contribution in [0.3, 0.4) is 0 Å². The molecule has 0 aliphatic carbocycles. The van der Waals surface area contributed by atoms with Crippen LogP contribution in [-0.2, 0) is 23.8 Å². The fourth-order valence-electron chi connectivity index (χ4n) is 0.998. The molecule has 5 nitrogen and oxygen atoms in total. The summed E-state index contributed by atoms with van der Waals surface area (Å²) in [5, 5.41) is 0. The molecular formula is C13H17F5O5. The molecule has 0 fully saturated rings. The van der Waals surface area contributed by atoms with Crippen molar-refractivity contribution < 1.29 is 45.8 Å². The highest BCUT2D eigenvalue weighted by molar-refractivity contribution is 5.89. The van der Waals surface area contributed by atoms with Crippen molar-refractivity contribution in [1.29, 1.82) is 0 Å². The van der Waals surface area contributed by atoms with Gasteiger partial charge in [0.05, 0.1) is 12.2 Å². The van der Waals surface area contributed by atoms with Gasteiger partial charge in [-0.1, -0.05) is 20.4 Å². The highest BCUT2D eigenvalue weighted by Crippen LogP contribution is 2.35. The minimum atomic E-state index is -5.84. The van der Waals surface area contributed by atoms with E-state index in [1.165, 1.54) is 0 Å². The Bertz CT molecular complexity index is 431. The second-order valence-corrected chi connectivity index (χ2v) is 4.95. The molecule has 0 aromatic rings. The highest BCUT2D eigenvalue weighted by Gasteiger charge is 2.58. The zero-order chi connectivity index (χ0) is 18.3. The summed E-state index contributed by atoms with van der Waals surface area (Å²) in [5.41, 5.74) is -0.140. The number of hydrogen-bond donors (Lipinski definition) is 0. The Labute approximate surface area is 129 Å². The van der Waals surface area contributed by atoms with Gasteiger partial charge in [0.1, 0.15) is 0 Å². The van der Waals surface area contributed by atoms with E-state index in [4.69, 9.17) is 4.74 Å². The van der Waals surface area contributed by atoms with E-state index in [0.29, 0.717) is 6.61 Å². The van der Waals surface area contributed by atoms with Crippen molar-refractivity contribution in [2.24, 2.45) is 5.92 Å². The van der Waals surface area contributed by atoms with Crippen molar-refractivity contribution in [3.05, 3.63) is 12.2 Å². The van der Waals surface area contributed by atoms with Crippen molar-refractivity contribution in [1.82, 2.24) is 0 Å². The van der Waals surface area contributed by atoms with Gasteiger partial charge in [0.25, 0.3) is 0 Å². The van der Waals surface area contributed by atoms with Crippen molar-refractivity contribution in [3.63, 3.8) is 0 Å². The predicted molar refractivity (Wildman–Crippen MR) is 67.7 cm³/mol. The highest BCUT2D eigenvalue weighted by atomic mass is 19.4. The number of hydrogen-bond acceptors (Lipinski definition) is 5. The van der Waals surface area contributed by atoms with Gasteiger partial charge in [-0.15, -0.1) is 0 Å². The number of halogens is 5. The molecule has 134 valence electrons. The maximum absolute atomic E-state index is 12.5. The van der Waals surface area contributed by atoms with E-state index in [1.807, 2.05) is 13.8 Å². The molecule has 0 spiro atoms. The maximum atomic E-state index is 12.5. The first-order chi connectivity index (χ1) is 10.4. The molecule has 0 aromatic heterocycles. The largest absolute Gasteiger partial charge is 0.456 e. The van der Waals surface area contributed by atoms with Gasteiger partial charge < -0.3 is 14.2 Å². The summed E-state index contributed by atoms with van der Waals surface area (Å²) < 4.78 is 73.6. The average Bonchev–Trinajstić information content (AvgIpc) is 2.40. The van der Waals surface area contributed by atoms with Gasteiger partial charge in [-0.05, 0) is 5.92 Å². The second kappa shape index (κ2) is 8.80. The first-order valence-corrected chi connectivity index (χ1v) is 6.39. The van der Waals surface area contributed by atoms with Gasteiger partial charge in [0, 0.05) is 6.61 Å². The van der Waals surface area contributed by atoms with Gasteiger partial charge >= 0.3 is 24.0 Å². The minimum Gasteiger partial charge on any atom is -0.456 e. The summed E-state index contributed by atoms with van der Waals surface area (Å²) in [6, 6.07) is 0. The normalized spacial score (nSPS) is 12.2. The molecule has 0 amide bonds. The molecule has 0 unspecified atom stereocenters. The number of alkyl halides is 5. The Kier molecular flexibility index (Phi) is 8.15. The van der Waals surface area contributed by atoms with E-state index in [9.17, 15) is 31.5 Å². The second-order valence-electron chi connectivity index (χ2n) is 4.95. The lowest BCUT2D eigenvalue weighted by Crippen LogP contribution is -2.41. The van der Waals surface area contributed by atoms with Crippen molar-refractivity contribution >= 4 is 11.9 Å². The third-order valence-electron chi connectivity index (χ3n) is 2.17. The fraction of sp³-hybridized carbons (Fsp3) is 0.692. The van der Waals surface area contributed by atoms with Crippen LogP contribution in [-0.4, -0.2) is 50.5 Å². The summed E-state index contributed by atoms with van der Waals surface area (Å²) in [6.07, 6.45) is -5.84. The topological polar surface area (TPSA) is 61.8 Å². The van der Waals surface area contributed by atoms with E-state index < -0.39 is 37.3 Å². The summed E-state index contributed by atoms with van der Waals surface area (Å²) in [6.45, 7) is 3.94. The molecule has 10 heteroatoms. The molecule has 23 heavy (non-hydrogen) atoms. The summed E-state index contributed by atoms with van der Waals surface area (Å²) in [4.78, 5) is 22.3. The van der Waals surface area contributed by atoms with Crippen LogP contribution in [0.25, 0.3) is 0 Å². The minimum absolute atomic E-state index is 0.140. The lowest BCUT2D eigenvalue weighted by molar-refractivity contribution is -0.294. The van der Waals surface area contributed by atoms with Crippen LogP contribution in [0.1, 0.15) is 13.8 Å². The molecule has 0 aliphatic heterocycles. The molecule has 0 bridgehead atoms. The number of carbonyl (C=O) groups excluding carboxylic acids is 2. The number of esters is 2. The Morgan fingerprint density at radius 1 is 1.04 bits per heavy atom. The Morgan fingerprint density at radius 3 is 2.09 bits per heavy atom. The monoisotopic (exact) mass is 348 g/mol. The summed E-state index contributed by atoms with van der Waals surface area (Å²) in [5.74, 6) is -7.56. The van der Waals surface area contributed by atoms with Crippen LogP contribution in [0.5, 0.6) is 0 Å². The fourth-order valence-corrected chi connectivity index (χ4v) is 0.998. The molecule has 0 N–H and O–H groups in total. The summed E-state index contributed by atoms with van der Waals surface area (Å²) in [7, 11) is 0. The maximum Gasteiger partial charge on any atom is 0.456 e. The Hall–Kier alpha value is -1.71. The Balaban J connectivity index is 4.10. The van der Waals surface area contributed by atoms with Gasteiger partial charge in [-0.25, -0.2) is 9.59 Å². The lowest BCUT2D eigenvalue weighted by atomic mass is 10.2. The molecule has 0 rings (SSSR count). The van der Waals surface area contributed by atoms with Crippen LogP contribution in [0.2, 0.25) is 0 Å². The van der Waals surface area contributed by atoms with Crippen LogP contribution in [0.4, 0.5) is 22.0 Å². The van der Waals surface area contributed by atoms with Crippen LogP contribution >= 0.6 is 0 Å². The van der Waals surface area contributed by atoms with E-state index in [-0.39, 0.29) is 18.1 Å². The quantitative estimate of drug-likeness (QED) is 0.364. The lowest BCUT2D eigenvalue weighted by Gasteiger charge is -2.19. The van der Waals surface area contributed by atoms with Gasteiger partial charge in [-0.2, -0.15) is 22.0 Å². The molecule has 0 heterocycles. The van der Waals surface area contributed by atoms with Crippen molar-refractivity contribution in [2.45, 2.75) is 25.9 Å². The zero-order valence-electron chi connectivity index (χ0n) is 12.5. The van der Waals surface area contributed by atoms with Gasteiger partial charge in [-0.3, -0.25) is 0 Å². The van der Waals surface area contributed by atoms with Gasteiger partial charge in [0.2, 0.25) is 0 Å². The first kappa shape index (κ1) is 21.3. The van der Waals surface area contributed by atoms with E-state index in [1.54, 1.807) is 0 Å². The van der Waals surface area contributed by atoms with Crippen LogP contribution in [0.15, 0.2) is 12.2 Å². The average molecular weight is 348 g/mol. The van der Waals surface area contributed by atoms with E-state index in [0.717, 1.165) is 0 Å². The SMILES string of the molecule is C=C(COCC(C)C)C(=O)OCC(=O)OCC(F)(F)C(F)(F)F. The molecule has 0 atom stereocenters. The third-order valence-corrected chi connectivity index (χ3v) is 2.17. The molecular weight excluding hydrogens is 331 g/mol. The number of rotatable bonds is 9. The van der Waals surface area contributed by atoms with Crippen LogP contribution in [0, 0.1) is 5.92 Å². The standard InChI is InChI=1S/C13H17F5O5/c1-8(2)4-21-5-9(3)11(20)22-6-10(19)23-7-12(14,15)13(16,17)18/h8H,3-7H2,1-2H3. The number of ether oxygens (including phenoxy) is 3. The van der Waals surface area contributed by atoms with E-state index >= 15 is 0 Å². The van der Waals surface area contributed by atoms with Crippen LogP contribution < -0.4 is 0 Å². The smallest absolute Gasteiger partial charge is 0.456 e. The third kappa shape index (κ3) is 8.48. The molecule has 0 aliphatic rings.